The Morgan fingerprint density at radius 3 is 2.58 bits per heavy atom. The van der Waals surface area contributed by atoms with Crippen LogP contribution in [-0.4, -0.2) is 25.3 Å². The van der Waals surface area contributed by atoms with E-state index < -0.39 is 0 Å². The Labute approximate surface area is 116 Å². The molecule has 0 radical (unpaired) electrons. The molecule has 0 bridgehead atoms. The molecule has 1 saturated heterocycles. The van der Waals surface area contributed by atoms with Gasteiger partial charge in [-0.1, -0.05) is 29.8 Å². The highest BCUT2D eigenvalue weighted by Gasteiger charge is 2.42. The van der Waals surface area contributed by atoms with Gasteiger partial charge in [-0.2, -0.15) is 0 Å². The van der Waals surface area contributed by atoms with Crippen LogP contribution >= 0.6 is 0 Å². The lowest BCUT2D eigenvalue weighted by Gasteiger charge is -2.33. The van der Waals surface area contributed by atoms with Crippen molar-refractivity contribution < 1.29 is 4.74 Å². The number of hydrogen-bond donors (Lipinski definition) is 1. The summed E-state index contributed by atoms with van der Waals surface area (Å²) in [5.74, 6) is 0. The molecule has 1 saturated carbocycles. The lowest BCUT2D eigenvalue weighted by atomic mass is 9.76. The van der Waals surface area contributed by atoms with E-state index in [4.69, 9.17) is 4.74 Å². The molecule has 1 heterocycles. The monoisotopic (exact) mass is 259 g/mol. The maximum atomic E-state index is 5.88. The molecule has 2 fully saturated rings. The fraction of sp³-hybridized carbons (Fsp3) is 0.647. The fourth-order valence-electron chi connectivity index (χ4n) is 3.09. The molecule has 2 aliphatic rings. The van der Waals surface area contributed by atoms with Gasteiger partial charge in [-0.05, 0) is 45.1 Å². The smallest absolute Gasteiger partial charge is 0.0619 e. The maximum absolute atomic E-state index is 5.88. The largest absolute Gasteiger partial charge is 0.378 e. The van der Waals surface area contributed by atoms with E-state index in [0.717, 1.165) is 25.6 Å². The molecule has 2 heteroatoms. The Kier molecular flexibility index (Phi) is 3.64. The standard InChI is InChI=1S/C17H25NO/c1-13-3-5-15(6-4-13)11-17(9-10-19-14(17)2)12-18-16-7-8-16/h3-6,14,16,18H,7-12H2,1-2H3. The van der Waals surface area contributed by atoms with Crippen molar-refractivity contribution in [3.63, 3.8) is 0 Å². The van der Waals surface area contributed by atoms with E-state index in [1.54, 1.807) is 0 Å². The zero-order valence-corrected chi connectivity index (χ0v) is 12.1. The Morgan fingerprint density at radius 1 is 1.26 bits per heavy atom. The molecule has 1 aromatic rings. The van der Waals surface area contributed by atoms with Crippen LogP contribution in [0.2, 0.25) is 0 Å². The third-order valence-corrected chi connectivity index (χ3v) is 4.83. The fourth-order valence-corrected chi connectivity index (χ4v) is 3.09. The van der Waals surface area contributed by atoms with Gasteiger partial charge in [0, 0.05) is 24.6 Å². The summed E-state index contributed by atoms with van der Waals surface area (Å²) in [4.78, 5) is 0. The predicted molar refractivity (Wildman–Crippen MR) is 78.4 cm³/mol. The molecular weight excluding hydrogens is 234 g/mol. The van der Waals surface area contributed by atoms with Gasteiger partial charge >= 0.3 is 0 Å². The normalized spacial score (nSPS) is 30.7. The molecule has 1 aromatic carbocycles. The van der Waals surface area contributed by atoms with Gasteiger partial charge in [0.2, 0.25) is 0 Å². The van der Waals surface area contributed by atoms with Crippen molar-refractivity contribution in [2.75, 3.05) is 13.2 Å². The van der Waals surface area contributed by atoms with Crippen molar-refractivity contribution in [2.24, 2.45) is 5.41 Å². The van der Waals surface area contributed by atoms with Gasteiger partial charge in [0.25, 0.3) is 0 Å². The first-order valence-electron chi connectivity index (χ1n) is 7.58. The van der Waals surface area contributed by atoms with Crippen molar-refractivity contribution >= 4 is 0 Å². The van der Waals surface area contributed by atoms with Crippen LogP contribution < -0.4 is 5.32 Å². The minimum Gasteiger partial charge on any atom is -0.378 e. The van der Waals surface area contributed by atoms with Crippen LogP contribution in [0.25, 0.3) is 0 Å². The molecule has 19 heavy (non-hydrogen) atoms. The van der Waals surface area contributed by atoms with Crippen LogP contribution in [-0.2, 0) is 11.2 Å². The van der Waals surface area contributed by atoms with Crippen LogP contribution in [0.3, 0.4) is 0 Å². The van der Waals surface area contributed by atoms with E-state index >= 15 is 0 Å². The zero-order chi connectivity index (χ0) is 13.3. The van der Waals surface area contributed by atoms with E-state index in [-0.39, 0.29) is 5.41 Å². The van der Waals surface area contributed by atoms with Gasteiger partial charge in [0.15, 0.2) is 0 Å². The number of aryl methyl sites for hydroxylation is 1. The summed E-state index contributed by atoms with van der Waals surface area (Å²) >= 11 is 0. The van der Waals surface area contributed by atoms with E-state index in [9.17, 15) is 0 Å². The Balaban J connectivity index is 1.72. The van der Waals surface area contributed by atoms with Gasteiger partial charge in [0.1, 0.15) is 0 Å². The molecule has 1 N–H and O–H groups in total. The molecule has 2 atom stereocenters. The van der Waals surface area contributed by atoms with Gasteiger partial charge in [-0.15, -0.1) is 0 Å². The summed E-state index contributed by atoms with van der Waals surface area (Å²) in [5.41, 5.74) is 3.07. The van der Waals surface area contributed by atoms with E-state index in [0.29, 0.717) is 6.10 Å². The molecule has 0 amide bonds. The van der Waals surface area contributed by atoms with Gasteiger partial charge < -0.3 is 10.1 Å². The minimum absolute atomic E-state index is 0.290. The highest BCUT2D eigenvalue weighted by Crippen LogP contribution is 2.38. The van der Waals surface area contributed by atoms with Crippen LogP contribution in [0.15, 0.2) is 24.3 Å². The van der Waals surface area contributed by atoms with E-state index in [1.807, 2.05) is 0 Å². The van der Waals surface area contributed by atoms with Gasteiger partial charge in [0.05, 0.1) is 6.10 Å². The number of hydrogen-bond acceptors (Lipinski definition) is 2. The number of nitrogens with one attached hydrogen (secondary N) is 1. The minimum atomic E-state index is 0.290. The van der Waals surface area contributed by atoms with E-state index in [2.05, 4.69) is 43.4 Å². The summed E-state index contributed by atoms with van der Waals surface area (Å²) in [6.07, 6.45) is 5.39. The second-order valence-electron chi connectivity index (χ2n) is 6.44. The molecule has 104 valence electrons. The summed E-state index contributed by atoms with van der Waals surface area (Å²) in [5, 5.41) is 3.72. The molecule has 1 aliphatic carbocycles. The predicted octanol–water partition coefficient (Wildman–Crippen LogP) is 3.08. The highest BCUT2D eigenvalue weighted by atomic mass is 16.5. The Bertz CT molecular complexity index is 423. The third kappa shape index (κ3) is 3.01. The number of ether oxygens (including phenoxy) is 1. The molecule has 0 aromatic heterocycles. The first-order chi connectivity index (χ1) is 9.18. The molecule has 2 unspecified atom stereocenters. The second kappa shape index (κ2) is 5.26. The topological polar surface area (TPSA) is 21.3 Å². The Morgan fingerprint density at radius 2 is 2.00 bits per heavy atom. The molecular formula is C17H25NO. The lowest BCUT2D eigenvalue weighted by Crippen LogP contribution is -2.42. The van der Waals surface area contributed by atoms with Crippen LogP contribution in [0.4, 0.5) is 0 Å². The average molecular weight is 259 g/mol. The molecule has 2 nitrogen and oxygen atoms in total. The summed E-state index contributed by atoms with van der Waals surface area (Å²) in [7, 11) is 0. The summed E-state index contributed by atoms with van der Waals surface area (Å²) < 4.78 is 5.88. The zero-order valence-electron chi connectivity index (χ0n) is 12.1. The molecule has 1 aliphatic heterocycles. The van der Waals surface area contributed by atoms with Crippen molar-refractivity contribution in [3.05, 3.63) is 35.4 Å². The Hall–Kier alpha value is -0.860. The van der Waals surface area contributed by atoms with Crippen molar-refractivity contribution in [2.45, 2.75) is 51.7 Å². The quantitative estimate of drug-likeness (QED) is 0.877. The third-order valence-electron chi connectivity index (χ3n) is 4.83. The lowest BCUT2D eigenvalue weighted by molar-refractivity contribution is 0.0628. The summed E-state index contributed by atoms with van der Waals surface area (Å²) in [6.45, 7) is 6.41. The van der Waals surface area contributed by atoms with E-state index in [1.165, 1.54) is 30.4 Å². The van der Waals surface area contributed by atoms with Crippen molar-refractivity contribution in [1.82, 2.24) is 5.32 Å². The molecule has 3 rings (SSSR count). The average Bonchev–Trinajstić information content (AvgIpc) is 3.17. The maximum Gasteiger partial charge on any atom is 0.0619 e. The van der Waals surface area contributed by atoms with Gasteiger partial charge in [-0.25, -0.2) is 0 Å². The van der Waals surface area contributed by atoms with Gasteiger partial charge in [-0.3, -0.25) is 0 Å². The number of benzene rings is 1. The SMILES string of the molecule is Cc1ccc(CC2(CNC3CC3)CCOC2C)cc1. The first-order valence-corrected chi connectivity index (χ1v) is 7.58. The van der Waals surface area contributed by atoms with Crippen LogP contribution in [0, 0.1) is 12.3 Å². The number of rotatable bonds is 5. The summed E-state index contributed by atoms with van der Waals surface area (Å²) in [6, 6.07) is 9.77. The van der Waals surface area contributed by atoms with Crippen molar-refractivity contribution in [1.29, 1.82) is 0 Å². The molecule has 0 spiro atoms. The second-order valence-corrected chi connectivity index (χ2v) is 6.44. The van der Waals surface area contributed by atoms with Crippen LogP contribution in [0.1, 0.15) is 37.3 Å². The highest BCUT2D eigenvalue weighted by molar-refractivity contribution is 5.23. The van der Waals surface area contributed by atoms with Crippen molar-refractivity contribution in [3.8, 4) is 0 Å². The first kappa shape index (κ1) is 13.1. The van der Waals surface area contributed by atoms with Crippen LogP contribution in [0.5, 0.6) is 0 Å².